The zero-order chi connectivity index (χ0) is 17.8. The van der Waals surface area contributed by atoms with Crippen molar-refractivity contribution in [3.8, 4) is 0 Å². The number of morpholine rings is 1. The molecule has 24 heavy (non-hydrogen) atoms. The second kappa shape index (κ2) is 11.6. The molecule has 1 aliphatic heterocycles. The first-order valence-electron chi connectivity index (χ1n) is 7.93. The highest BCUT2D eigenvalue weighted by atomic mass is 16.6. The number of carbonyl (C=O) groups is 3. The summed E-state index contributed by atoms with van der Waals surface area (Å²) in [5.74, 6) is -1.50. The van der Waals surface area contributed by atoms with Gasteiger partial charge in [-0.2, -0.15) is 0 Å². The molecule has 0 aromatic heterocycles. The van der Waals surface area contributed by atoms with E-state index in [-0.39, 0.29) is 31.6 Å². The summed E-state index contributed by atoms with van der Waals surface area (Å²) in [6.07, 6.45) is -0.0989. The molecule has 0 bridgehead atoms. The predicted octanol–water partition coefficient (Wildman–Crippen LogP) is 0.305. The van der Waals surface area contributed by atoms with Crippen LogP contribution >= 0.6 is 0 Å². The van der Waals surface area contributed by atoms with E-state index >= 15 is 0 Å². The van der Waals surface area contributed by atoms with Crippen LogP contribution in [0.4, 0.5) is 0 Å². The highest BCUT2D eigenvalue weighted by Crippen LogP contribution is 1.99. The first-order chi connectivity index (χ1) is 11.5. The maximum absolute atomic E-state index is 11.5. The van der Waals surface area contributed by atoms with Gasteiger partial charge >= 0.3 is 17.9 Å². The Bertz CT molecular complexity index is 444. The molecular formula is C16H25NO7. The Morgan fingerprint density at radius 1 is 0.958 bits per heavy atom. The fraction of sp³-hybridized carbons (Fsp3) is 0.688. The number of nitrogens with zero attached hydrogens (tertiary/aromatic N) is 1. The van der Waals surface area contributed by atoms with Gasteiger partial charge in [0.05, 0.1) is 26.1 Å². The molecule has 1 aliphatic rings. The Kier molecular flexibility index (Phi) is 9.71. The van der Waals surface area contributed by atoms with Gasteiger partial charge in [-0.15, -0.1) is 0 Å². The smallest absolute Gasteiger partial charge is 0.333 e. The Morgan fingerprint density at radius 2 is 1.50 bits per heavy atom. The van der Waals surface area contributed by atoms with E-state index < -0.39 is 17.9 Å². The van der Waals surface area contributed by atoms with Gasteiger partial charge in [0.15, 0.2) is 0 Å². The van der Waals surface area contributed by atoms with Crippen molar-refractivity contribution in [3.63, 3.8) is 0 Å². The predicted molar refractivity (Wildman–Crippen MR) is 84.2 cm³/mol. The minimum atomic E-state index is -0.536. The molecule has 1 heterocycles. The maximum atomic E-state index is 11.5. The van der Waals surface area contributed by atoms with Crippen molar-refractivity contribution >= 4 is 17.9 Å². The highest BCUT2D eigenvalue weighted by molar-refractivity contribution is 5.86. The molecule has 0 spiro atoms. The molecular weight excluding hydrogens is 318 g/mol. The average Bonchev–Trinajstić information content (AvgIpc) is 2.57. The lowest BCUT2D eigenvalue weighted by Crippen LogP contribution is -2.38. The maximum Gasteiger partial charge on any atom is 0.333 e. The van der Waals surface area contributed by atoms with Crippen molar-refractivity contribution in [1.29, 1.82) is 0 Å². The van der Waals surface area contributed by atoms with Crippen molar-refractivity contribution in [2.75, 3.05) is 52.7 Å². The summed E-state index contributed by atoms with van der Waals surface area (Å²) < 4.78 is 19.9. The topological polar surface area (TPSA) is 91.4 Å². The SMILES string of the molecule is C=C(C)C(=O)OCCOC(=O)CCC(=O)OCCN1CCOCC1. The quantitative estimate of drug-likeness (QED) is 0.242. The van der Waals surface area contributed by atoms with Crippen molar-refractivity contribution in [2.24, 2.45) is 0 Å². The Labute approximate surface area is 141 Å². The van der Waals surface area contributed by atoms with Crippen LogP contribution in [-0.2, 0) is 33.3 Å². The monoisotopic (exact) mass is 343 g/mol. The molecule has 8 heteroatoms. The van der Waals surface area contributed by atoms with E-state index in [1.54, 1.807) is 0 Å². The van der Waals surface area contributed by atoms with Crippen LogP contribution < -0.4 is 0 Å². The molecule has 1 rings (SSSR count). The van der Waals surface area contributed by atoms with Gasteiger partial charge in [-0.3, -0.25) is 14.5 Å². The molecule has 0 N–H and O–H groups in total. The van der Waals surface area contributed by atoms with E-state index in [4.69, 9.17) is 18.9 Å². The lowest BCUT2D eigenvalue weighted by Gasteiger charge is -2.26. The van der Waals surface area contributed by atoms with Crippen LogP contribution in [0, 0.1) is 0 Å². The van der Waals surface area contributed by atoms with Gasteiger partial charge in [0.25, 0.3) is 0 Å². The lowest BCUT2D eigenvalue weighted by atomic mass is 10.3. The number of rotatable bonds is 10. The summed E-state index contributed by atoms with van der Waals surface area (Å²) in [6.45, 7) is 8.88. The molecule has 136 valence electrons. The summed E-state index contributed by atoms with van der Waals surface area (Å²) in [5.41, 5.74) is 0.279. The molecule has 0 unspecified atom stereocenters. The minimum absolute atomic E-state index is 0.0342. The minimum Gasteiger partial charge on any atom is -0.464 e. The van der Waals surface area contributed by atoms with E-state index in [1.807, 2.05) is 0 Å². The summed E-state index contributed by atoms with van der Waals surface area (Å²) in [6, 6.07) is 0. The van der Waals surface area contributed by atoms with Crippen molar-refractivity contribution in [2.45, 2.75) is 19.8 Å². The van der Waals surface area contributed by atoms with Crippen molar-refractivity contribution in [3.05, 3.63) is 12.2 Å². The summed E-state index contributed by atoms with van der Waals surface area (Å²) in [4.78, 5) is 36.2. The average molecular weight is 343 g/mol. The fourth-order valence-electron chi connectivity index (χ4n) is 1.87. The van der Waals surface area contributed by atoms with E-state index in [0.717, 1.165) is 13.1 Å². The molecule has 0 aromatic rings. The highest BCUT2D eigenvalue weighted by Gasteiger charge is 2.12. The van der Waals surface area contributed by atoms with Crippen LogP contribution in [0.2, 0.25) is 0 Å². The van der Waals surface area contributed by atoms with Gasteiger partial charge in [-0.05, 0) is 6.92 Å². The van der Waals surface area contributed by atoms with E-state index in [1.165, 1.54) is 6.92 Å². The van der Waals surface area contributed by atoms with Gasteiger partial charge in [0.2, 0.25) is 0 Å². The molecule has 0 aromatic carbocycles. The zero-order valence-electron chi connectivity index (χ0n) is 14.1. The first-order valence-corrected chi connectivity index (χ1v) is 7.93. The third-order valence-electron chi connectivity index (χ3n) is 3.24. The summed E-state index contributed by atoms with van der Waals surface area (Å²) >= 11 is 0. The zero-order valence-corrected chi connectivity index (χ0v) is 14.1. The second-order valence-electron chi connectivity index (χ2n) is 5.31. The van der Waals surface area contributed by atoms with Gasteiger partial charge < -0.3 is 18.9 Å². The third kappa shape index (κ3) is 9.26. The van der Waals surface area contributed by atoms with Crippen LogP contribution in [0.5, 0.6) is 0 Å². The van der Waals surface area contributed by atoms with Crippen LogP contribution in [0.25, 0.3) is 0 Å². The van der Waals surface area contributed by atoms with Crippen molar-refractivity contribution in [1.82, 2.24) is 4.90 Å². The van der Waals surface area contributed by atoms with E-state index in [2.05, 4.69) is 11.5 Å². The molecule has 0 amide bonds. The number of hydrogen-bond acceptors (Lipinski definition) is 8. The molecule has 0 saturated carbocycles. The normalized spacial score (nSPS) is 14.7. The number of esters is 3. The van der Waals surface area contributed by atoms with Gasteiger partial charge in [0, 0.05) is 25.2 Å². The van der Waals surface area contributed by atoms with Crippen molar-refractivity contribution < 1.29 is 33.3 Å². The Hall–Kier alpha value is -1.93. The van der Waals surface area contributed by atoms with Gasteiger partial charge in [-0.1, -0.05) is 6.58 Å². The largest absolute Gasteiger partial charge is 0.464 e. The van der Waals surface area contributed by atoms with Gasteiger partial charge in [0.1, 0.15) is 19.8 Å². The standard InChI is InChI=1S/C16H25NO7/c1-13(2)16(20)24-12-11-23-15(19)4-3-14(18)22-10-7-17-5-8-21-9-6-17/h1,3-12H2,2H3. The van der Waals surface area contributed by atoms with Crippen LogP contribution in [0.1, 0.15) is 19.8 Å². The lowest BCUT2D eigenvalue weighted by molar-refractivity contribution is -0.153. The Balaban J connectivity index is 1.99. The van der Waals surface area contributed by atoms with Crippen LogP contribution in [0.15, 0.2) is 12.2 Å². The summed E-state index contributed by atoms with van der Waals surface area (Å²) in [7, 11) is 0. The van der Waals surface area contributed by atoms with Crippen LogP contribution in [0.3, 0.4) is 0 Å². The molecule has 0 atom stereocenters. The van der Waals surface area contributed by atoms with E-state index in [9.17, 15) is 14.4 Å². The van der Waals surface area contributed by atoms with E-state index in [0.29, 0.717) is 26.4 Å². The van der Waals surface area contributed by atoms with Gasteiger partial charge in [-0.25, -0.2) is 4.79 Å². The molecule has 8 nitrogen and oxygen atoms in total. The second-order valence-corrected chi connectivity index (χ2v) is 5.31. The number of carbonyl (C=O) groups excluding carboxylic acids is 3. The third-order valence-corrected chi connectivity index (χ3v) is 3.24. The first kappa shape index (κ1) is 20.1. The van der Waals surface area contributed by atoms with Crippen LogP contribution in [-0.4, -0.2) is 75.5 Å². The fourth-order valence-corrected chi connectivity index (χ4v) is 1.87. The molecule has 0 radical (unpaired) electrons. The number of ether oxygens (including phenoxy) is 4. The Morgan fingerprint density at radius 3 is 2.08 bits per heavy atom. The molecule has 0 aliphatic carbocycles. The number of hydrogen-bond donors (Lipinski definition) is 0. The molecule has 1 saturated heterocycles. The summed E-state index contributed by atoms with van der Waals surface area (Å²) in [5, 5.41) is 0. The molecule has 1 fully saturated rings.